The Morgan fingerprint density at radius 1 is 1.20 bits per heavy atom. The fourth-order valence-electron chi connectivity index (χ4n) is 0.507. The van der Waals surface area contributed by atoms with Crippen LogP contribution in [-0.2, 0) is 4.79 Å². The number of ketones is 1. The van der Waals surface area contributed by atoms with Crippen molar-refractivity contribution in [2.45, 2.75) is 0 Å². The maximum Gasteiger partial charge on any atom is 1.00 e. The number of rotatable bonds is 0. The SMILES string of the molecule is O=C1C=CC(=N[O-])C=C1.[Na+]. The van der Waals surface area contributed by atoms with Crippen molar-refractivity contribution in [2.75, 3.05) is 0 Å². The fraction of sp³-hybridized carbons (Fsp3) is 0. The molecule has 0 bridgehead atoms. The number of carbonyl (C=O) groups excluding carboxylic acids is 1. The van der Waals surface area contributed by atoms with Gasteiger partial charge in [0.15, 0.2) is 5.78 Å². The summed E-state index contributed by atoms with van der Waals surface area (Å²) in [5, 5.41) is 12.4. The Kier molecular flexibility index (Phi) is 4.27. The quantitative estimate of drug-likeness (QED) is 0.217. The molecule has 0 atom stereocenters. The summed E-state index contributed by atoms with van der Waals surface area (Å²) >= 11 is 0. The van der Waals surface area contributed by atoms with Crippen molar-refractivity contribution < 1.29 is 34.4 Å². The van der Waals surface area contributed by atoms with Crippen LogP contribution in [0.5, 0.6) is 0 Å². The van der Waals surface area contributed by atoms with E-state index >= 15 is 0 Å². The van der Waals surface area contributed by atoms with Gasteiger partial charge < -0.3 is 10.4 Å². The van der Waals surface area contributed by atoms with Crippen molar-refractivity contribution in [1.29, 1.82) is 0 Å². The number of carbonyl (C=O) groups is 1. The van der Waals surface area contributed by atoms with Crippen LogP contribution in [0.3, 0.4) is 0 Å². The Hall–Kier alpha value is -0.380. The second-order valence-electron chi connectivity index (χ2n) is 1.59. The van der Waals surface area contributed by atoms with E-state index in [1.165, 1.54) is 24.3 Å². The van der Waals surface area contributed by atoms with E-state index in [-0.39, 0.29) is 41.1 Å². The van der Waals surface area contributed by atoms with Gasteiger partial charge in [-0.2, -0.15) is 0 Å². The predicted molar refractivity (Wildman–Crippen MR) is 34.1 cm³/mol. The van der Waals surface area contributed by atoms with E-state index in [1.807, 2.05) is 0 Å². The van der Waals surface area contributed by atoms with Crippen molar-refractivity contribution in [3.63, 3.8) is 0 Å². The van der Waals surface area contributed by atoms with Crippen LogP contribution in [0, 0.1) is 5.21 Å². The molecule has 46 valence electrons. The average Bonchev–Trinajstić information content (AvgIpc) is 1.90. The summed E-state index contributed by atoms with van der Waals surface area (Å²) in [5.74, 6) is -0.109. The van der Waals surface area contributed by atoms with E-state index in [4.69, 9.17) is 0 Å². The van der Waals surface area contributed by atoms with Gasteiger partial charge in [0.1, 0.15) is 0 Å². The van der Waals surface area contributed by atoms with Crippen molar-refractivity contribution in [2.24, 2.45) is 5.16 Å². The van der Waals surface area contributed by atoms with Crippen molar-refractivity contribution in [1.82, 2.24) is 0 Å². The van der Waals surface area contributed by atoms with Gasteiger partial charge in [0.25, 0.3) is 0 Å². The third-order valence-electron chi connectivity index (χ3n) is 0.942. The Bertz CT molecular complexity index is 200. The van der Waals surface area contributed by atoms with Gasteiger partial charge in [-0.05, 0) is 24.3 Å². The fourth-order valence-corrected chi connectivity index (χ4v) is 0.507. The van der Waals surface area contributed by atoms with Gasteiger partial charge in [0.05, 0.1) is 5.71 Å². The zero-order valence-corrected chi connectivity index (χ0v) is 7.57. The summed E-state index contributed by atoms with van der Waals surface area (Å²) in [5.41, 5.74) is 0.287. The minimum atomic E-state index is -0.109. The molecule has 1 aliphatic carbocycles. The van der Waals surface area contributed by atoms with E-state index < -0.39 is 0 Å². The second-order valence-corrected chi connectivity index (χ2v) is 1.59. The van der Waals surface area contributed by atoms with Gasteiger partial charge in [-0.3, -0.25) is 4.79 Å². The molecule has 0 saturated carbocycles. The normalized spacial score (nSPS) is 14.8. The molecule has 0 amide bonds. The molecule has 1 aliphatic rings. The second kappa shape index (κ2) is 4.44. The van der Waals surface area contributed by atoms with Crippen LogP contribution in [0.25, 0.3) is 0 Å². The van der Waals surface area contributed by atoms with Crippen molar-refractivity contribution in [3.8, 4) is 0 Å². The first-order valence-electron chi connectivity index (χ1n) is 2.43. The first-order valence-corrected chi connectivity index (χ1v) is 2.43. The van der Waals surface area contributed by atoms with Gasteiger partial charge in [-0.15, -0.1) is 0 Å². The molecule has 0 aromatic heterocycles. The summed E-state index contributed by atoms with van der Waals surface area (Å²) in [6.07, 6.45) is 5.37. The van der Waals surface area contributed by atoms with Crippen molar-refractivity contribution >= 4 is 11.5 Å². The van der Waals surface area contributed by atoms with Crippen LogP contribution in [0.2, 0.25) is 0 Å². The van der Waals surface area contributed by atoms with E-state index in [0.29, 0.717) is 0 Å². The standard InChI is InChI=1S/C6H5NO2.Na/c8-6-3-1-5(7-9)2-4-6;/h1-4,9H;/q;+1/p-1. The van der Waals surface area contributed by atoms with Crippen LogP contribution in [0.4, 0.5) is 0 Å². The summed E-state index contributed by atoms with van der Waals surface area (Å²) in [7, 11) is 0. The van der Waals surface area contributed by atoms with Crippen LogP contribution < -0.4 is 29.6 Å². The van der Waals surface area contributed by atoms with Crippen LogP contribution in [0.1, 0.15) is 0 Å². The van der Waals surface area contributed by atoms with Crippen molar-refractivity contribution in [3.05, 3.63) is 29.5 Å². The summed E-state index contributed by atoms with van der Waals surface area (Å²) in [6, 6.07) is 0. The Morgan fingerprint density at radius 2 is 1.70 bits per heavy atom. The van der Waals surface area contributed by atoms with E-state index in [2.05, 4.69) is 5.16 Å². The maximum atomic E-state index is 10.4. The maximum absolute atomic E-state index is 10.4. The van der Waals surface area contributed by atoms with E-state index in [0.717, 1.165) is 0 Å². The Morgan fingerprint density at radius 3 is 2.10 bits per heavy atom. The molecule has 0 aromatic carbocycles. The van der Waals surface area contributed by atoms with Gasteiger partial charge in [0, 0.05) is 0 Å². The monoisotopic (exact) mass is 145 g/mol. The number of allylic oxidation sites excluding steroid dienone is 4. The number of hydrogen-bond donors (Lipinski definition) is 0. The van der Waals surface area contributed by atoms with Gasteiger partial charge in [-0.1, -0.05) is 0 Å². The smallest absolute Gasteiger partial charge is 0.792 e. The molecule has 0 spiro atoms. The molecule has 10 heavy (non-hydrogen) atoms. The first-order chi connectivity index (χ1) is 4.33. The first kappa shape index (κ1) is 9.62. The molecule has 0 aromatic rings. The molecule has 3 nitrogen and oxygen atoms in total. The molecular formula is C6H4NNaO2. The van der Waals surface area contributed by atoms with Gasteiger partial charge >= 0.3 is 29.6 Å². The minimum absolute atomic E-state index is 0. The summed E-state index contributed by atoms with van der Waals surface area (Å²) in [4.78, 5) is 10.4. The third kappa shape index (κ3) is 2.47. The zero-order valence-electron chi connectivity index (χ0n) is 5.57. The Labute approximate surface area is 80.4 Å². The van der Waals surface area contributed by atoms with E-state index in [1.54, 1.807) is 0 Å². The van der Waals surface area contributed by atoms with Crippen LogP contribution in [0.15, 0.2) is 29.5 Å². The van der Waals surface area contributed by atoms with Gasteiger partial charge in [-0.25, -0.2) is 0 Å². The molecule has 0 heterocycles. The Balaban J connectivity index is 0.000000810. The van der Waals surface area contributed by atoms with E-state index in [9.17, 15) is 10.0 Å². The predicted octanol–water partition coefficient (Wildman–Crippen LogP) is -2.38. The zero-order chi connectivity index (χ0) is 6.69. The number of nitrogens with zero attached hydrogens (tertiary/aromatic N) is 1. The molecule has 1 rings (SSSR count). The number of hydrogen-bond acceptors (Lipinski definition) is 3. The molecule has 0 saturated heterocycles. The molecule has 4 heteroatoms. The third-order valence-corrected chi connectivity index (χ3v) is 0.942. The molecule has 0 N–H and O–H groups in total. The average molecular weight is 145 g/mol. The topological polar surface area (TPSA) is 52.5 Å². The molecule has 0 unspecified atom stereocenters. The molecule has 0 radical (unpaired) electrons. The van der Waals surface area contributed by atoms with Gasteiger partial charge in [0.2, 0.25) is 0 Å². The minimum Gasteiger partial charge on any atom is -0.792 e. The summed E-state index contributed by atoms with van der Waals surface area (Å²) < 4.78 is 0. The molecular weight excluding hydrogens is 141 g/mol. The molecule has 0 fully saturated rings. The van der Waals surface area contributed by atoms with Crippen LogP contribution >= 0.6 is 0 Å². The summed E-state index contributed by atoms with van der Waals surface area (Å²) in [6.45, 7) is 0. The molecule has 0 aliphatic heterocycles. The van der Waals surface area contributed by atoms with Crippen LogP contribution in [-0.4, -0.2) is 11.5 Å². The largest absolute Gasteiger partial charge is 1.00 e.